The molecule has 0 aliphatic heterocycles. The van der Waals surface area contributed by atoms with Crippen molar-refractivity contribution in [2.45, 2.75) is 11.6 Å². The SMILES string of the molecule is CSc1nccc(CCBr)n1. The third-order valence-electron chi connectivity index (χ3n) is 1.22. The average Bonchev–Trinajstić information content (AvgIpc) is 2.06. The van der Waals surface area contributed by atoms with Gasteiger partial charge in [-0.3, -0.25) is 0 Å². The van der Waals surface area contributed by atoms with Gasteiger partial charge in [0.15, 0.2) is 5.16 Å². The molecule has 0 atom stereocenters. The van der Waals surface area contributed by atoms with Crippen LogP contribution in [0, 0.1) is 0 Å². The number of aryl methyl sites for hydroxylation is 1. The molecule has 0 fully saturated rings. The normalized spacial score (nSPS) is 10.0. The van der Waals surface area contributed by atoms with Gasteiger partial charge in [0.05, 0.1) is 0 Å². The monoisotopic (exact) mass is 232 g/mol. The Hall–Kier alpha value is -0.0900. The minimum Gasteiger partial charge on any atom is -0.231 e. The van der Waals surface area contributed by atoms with Crippen LogP contribution in [-0.2, 0) is 6.42 Å². The Labute approximate surface area is 79.0 Å². The Morgan fingerprint density at radius 1 is 1.64 bits per heavy atom. The standard InChI is InChI=1S/C7H9BrN2S/c1-11-7-9-5-3-6(10-7)2-4-8/h3,5H,2,4H2,1H3. The van der Waals surface area contributed by atoms with Crippen LogP contribution in [-0.4, -0.2) is 21.6 Å². The van der Waals surface area contributed by atoms with Crippen LogP contribution in [0.2, 0.25) is 0 Å². The van der Waals surface area contributed by atoms with Crippen LogP contribution in [0.3, 0.4) is 0 Å². The minimum absolute atomic E-state index is 0.850. The molecule has 0 spiro atoms. The van der Waals surface area contributed by atoms with Crippen LogP contribution in [0.15, 0.2) is 17.4 Å². The Morgan fingerprint density at radius 2 is 2.45 bits per heavy atom. The number of thioether (sulfide) groups is 1. The molecule has 0 radical (unpaired) electrons. The van der Waals surface area contributed by atoms with Crippen LogP contribution in [0.5, 0.6) is 0 Å². The van der Waals surface area contributed by atoms with Gasteiger partial charge < -0.3 is 0 Å². The molecule has 0 aromatic carbocycles. The molecule has 0 saturated carbocycles. The predicted molar refractivity (Wildman–Crippen MR) is 51.3 cm³/mol. The first-order valence-corrected chi connectivity index (χ1v) is 5.63. The maximum Gasteiger partial charge on any atom is 0.187 e. The molecule has 0 N–H and O–H groups in total. The van der Waals surface area contributed by atoms with Gasteiger partial charge in [0, 0.05) is 17.2 Å². The fraction of sp³-hybridized carbons (Fsp3) is 0.429. The number of nitrogens with zero attached hydrogens (tertiary/aromatic N) is 2. The van der Waals surface area contributed by atoms with Gasteiger partial charge in [0.1, 0.15) is 0 Å². The van der Waals surface area contributed by atoms with Gasteiger partial charge in [0.2, 0.25) is 0 Å². The lowest BCUT2D eigenvalue weighted by molar-refractivity contribution is 0.897. The summed E-state index contributed by atoms with van der Waals surface area (Å²) in [6, 6.07) is 1.95. The highest BCUT2D eigenvalue weighted by Crippen LogP contribution is 2.08. The number of rotatable bonds is 3. The summed E-state index contributed by atoms with van der Waals surface area (Å²) in [6.45, 7) is 0. The van der Waals surface area contributed by atoms with Crippen LogP contribution < -0.4 is 0 Å². The lowest BCUT2D eigenvalue weighted by Gasteiger charge is -1.97. The van der Waals surface area contributed by atoms with Gasteiger partial charge in [-0.25, -0.2) is 9.97 Å². The van der Waals surface area contributed by atoms with Crippen LogP contribution in [0.4, 0.5) is 0 Å². The maximum absolute atomic E-state index is 4.30. The summed E-state index contributed by atoms with van der Waals surface area (Å²) in [5, 5.41) is 1.81. The molecular weight excluding hydrogens is 224 g/mol. The zero-order chi connectivity index (χ0) is 8.10. The molecule has 1 aromatic rings. The molecule has 4 heteroatoms. The van der Waals surface area contributed by atoms with E-state index < -0.39 is 0 Å². The molecule has 0 unspecified atom stereocenters. The quantitative estimate of drug-likeness (QED) is 0.454. The van der Waals surface area contributed by atoms with E-state index in [2.05, 4.69) is 25.9 Å². The molecule has 0 amide bonds. The van der Waals surface area contributed by atoms with Crippen LogP contribution in [0.25, 0.3) is 0 Å². The molecule has 0 bridgehead atoms. The van der Waals surface area contributed by atoms with Gasteiger partial charge in [-0.2, -0.15) is 0 Å². The van der Waals surface area contributed by atoms with Crippen molar-refractivity contribution in [3.8, 4) is 0 Å². The van der Waals surface area contributed by atoms with Crippen molar-refractivity contribution in [3.63, 3.8) is 0 Å². The van der Waals surface area contributed by atoms with E-state index in [1.54, 1.807) is 18.0 Å². The lowest BCUT2D eigenvalue weighted by Crippen LogP contribution is -1.93. The molecular formula is C7H9BrN2S. The van der Waals surface area contributed by atoms with E-state index in [-0.39, 0.29) is 0 Å². The van der Waals surface area contributed by atoms with E-state index in [0.29, 0.717) is 0 Å². The largest absolute Gasteiger partial charge is 0.231 e. The van der Waals surface area contributed by atoms with Gasteiger partial charge >= 0.3 is 0 Å². The molecule has 0 aliphatic rings. The highest BCUT2D eigenvalue weighted by molar-refractivity contribution is 9.09. The van der Waals surface area contributed by atoms with E-state index in [9.17, 15) is 0 Å². The average molecular weight is 233 g/mol. The summed E-state index contributed by atoms with van der Waals surface area (Å²) < 4.78 is 0. The highest BCUT2D eigenvalue weighted by atomic mass is 79.9. The van der Waals surface area contributed by atoms with E-state index >= 15 is 0 Å². The Bertz CT molecular complexity index is 229. The second-order valence-electron chi connectivity index (χ2n) is 1.97. The Morgan fingerprint density at radius 3 is 3.09 bits per heavy atom. The number of hydrogen-bond acceptors (Lipinski definition) is 3. The van der Waals surface area contributed by atoms with E-state index in [4.69, 9.17) is 0 Å². The topological polar surface area (TPSA) is 25.8 Å². The number of aromatic nitrogens is 2. The zero-order valence-corrected chi connectivity index (χ0v) is 8.65. The second kappa shape index (κ2) is 4.72. The Balaban J connectivity index is 2.74. The molecule has 11 heavy (non-hydrogen) atoms. The second-order valence-corrected chi connectivity index (χ2v) is 3.54. The van der Waals surface area contributed by atoms with Gasteiger partial charge in [-0.05, 0) is 18.7 Å². The van der Waals surface area contributed by atoms with Crippen molar-refractivity contribution in [1.29, 1.82) is 0 Å². The molecule has 60 valence electrons. The van der Waals surface area contributed by atoms with E-state index in [1.807, 2.05) is 12.3 Å². The summed E-state index contributed by atoms with van der Waals surface area (Å²) >= 11 is 4.94. The summed E-state index contributed by atoms with van der Waals surface area (Å²) in [7, 11) is 0. The molecule has 1 heterocycles. The predicted octanol–water partition coefficient (Wildman–Crippen LogP) is 2.14. The number of alkyl halides is 1. The zero-order valence-electron chi connectivity index (χ0n) is 6.25. The minimum atomic E-state index is 0.850. The summed E-state index contributed by atoms with van der Waals surface area (Å²) in [6.07, 6.45) is 4.75. The first-order chi connectivity index (χ1) is 5.36. The molecule has 0 aliphatic carbocycles. The molecule has 0 saturated heterocycles. The summed E-state index contributed by atoms with van der Waals surface area (Å²) in [5.74, 6) is 0. The lowest BCUT2D eigenvalue weighted by atomic mass is 10.3. The third-order valence-corrected chi connectivity index (χ3v) is 2.18. The number of halogens is 1. The Kier molecular flexibility index (Phi) is 3.86. The fourth-order valence-electron chi connectivity index (χ4n) is 0.710. The van der Waals surface area contributed by atoms with Crippen molar-refractivity contribution >= 4 is 27.7 Å². The smallest absolute Gasteiger partial charge is 0.187 e. The molecule has 1 rings (SSSR count). The van der Waals surface area contributed by atoms with E-state index in [1.165, 1.54) is 0 Å². The molecule has 1 aromatic heterocycles. The summed E-state index contributed by atoms with van der Waals surface area (Å²) in [5.41, 5.74) is 1.10. The van der Waals surface area contributed by atoms with Gasteiger partial charge in [0.25, 0.3) is 0 Å². The van der Waals surface area contributed by atoms with Crippen molar-refractivity contribution < 1.29 is 0 Å². The number of hydrogen-bond donors (Lipinski definition) is 0. The third kappa shape index (κ3) is 2.79. The van der Waals surface area contributed by atoms with Crippen LogP contribution >= 0.6 is 27.7 Å². The molecule has 2 nitrogen and oxygen atoms in total. The van der Waals surface area contributed by atoms with Crippen molar-refractivity contribution in [3.05, 3.63) is 18.0 Å². The van der Waals surface area contributed by atoms with Crippen LogP contribution in [0.1, 0.15) is 5.69 Å². The van der Waals surface area contributed by atoms with Crippen molar-refractivity contribution in [2.24, 2.45) is 0 Å². The van der Waals surface area contributed by atoms with E-state index in [0.717, 1.165) is 22.6 Å². The maximum atomic E-state index is 4.30. The fourth-order valence-corrected chi connectivity index (χ4v) is 1.49. The summed E-state index contributed by atoms with van der Waals surface area (Å²) in [4.78, 5) is 8.38. The first kappa shape index (κ1) is 9.00. The van der Waals surface area contributed by atoms with Crippen molar-refractivity contribution in [1.82, 2.24) is 9.97 Å². The first-order valence-electron chi connectivity index (χ1n) is 3.28. The highest BCUT2D eigenvalue weighted by Gasteiger charge is 1.95. The van der Waals surface area contributed by atoms with Crippen molar-refractivity contribution in [2.75, 3.05) is 11.6 Å². The van der Waals surface area contributed by atoms with Gasteiger partial charge in [-0.1, -0.05) is 27.7 Å². The van der Waals surface area contributed by atoms with Gasteiger partial charge in [-0.15, -0.1) is 0 Å².